The van der Waals surface area contributed by atoms with E-state index in [0.717, 1.165) is 38.0 Å². The molecule has 4 heteroatoms. The third-order valence-corrected chi connectivity index (χ3v) is 4.69. The van der Waals surface area contributed by atoms with Crippen molar-refractivity contribution >= 4 is 0 Å². The van der Waals surface area contributed by atoms with Crippen molar-refractivity contribution in [1.82, 2.24) is 9.78 Å². The Kier molecular flexibility index (Phi) is 5.22. The normalized spacial score (nSPS) is 21.0. The van der Waals surface area contributed by atoms with Crippen LogP contribution in [0.15, 0.2) is 12.3 Å². The number of nitrogens with zero attached hydrogens (tertiary/aromatic N) is 2. The predicted molar refractivity (Wildman–Crippen MR) is 81.7 cm³/mol. The van der Waals surface area contributed by atoms with Gasteiger partial charge in [-0.25, -0.2) is 0 Å². The van der Waals surface area contributed by atoms with Gasteiger partial charge in [-0.3, -0.25) is 4.68 Å². The number of hydrogen-bond acceptors (Lipinski definition) is 3. The van der Waals surface area contributed by atoms with Crippen molar-refractivity contribution in [2.24, 2.45) is 5.73 Å². The molecular formula is C16H29N3O. The lowest BCUT2D eigenvalue weighted by Gasteiger charge is -2.34. The van der Waals surface area contributed by atoms with Gasteiger partial charge < -0.3 is 10.5 Å². The summed E-state index contributed by atoms with van der Waals surface area (Å²) in [6.45, 7) is 7.18. The number of hydrogen-bond donors (Lipinski definition) is 1. The van der Waals surface area contributed by atoms with E-state index in [0.29, 0.717) is 6.04 Å². The van der Waals surface area contributed by atoms with Gasteiger partial charge in [0.05, 0.1) is 11.3 Å². The molecule has 2 unspecified atom stereocenters. The topological polar surface area (TPSA) is 53.1 Å². The highest BCUT2D eigenvalue weighted by Gasteiger charge is 2.40. The monoisotopic (exact) mass is 279 g/mol. The summed E-state index contributed by atoms with van der Waals surface area (Å²) in [4.78, 5) is 0. The smallest absolute Gasteiger partial charge is 0.0836 e. The number of rotatable bonds is 7. The van der Waals surface area contributed by atoms with Crippen LogP contribution in [0, 0.1) is 0 Å². The molecule has 0 radical (unpaired) electrons. The lowest BCUT2D eigenvalue weighted by atomic mass is 9.89. The zero-order valence-corrected chi connectivity index (χ0v) is 13.1. The largest absolute Gasteiger partial charge is 0.374 e. The summed E-state index contributed by atoms with van der Waals surface area (Å²) in [5, 5.41) is 4.66. The van der Waals surface area contributed by atoms with Gasteiger partial charge in [0.2, 0.25) is 0 Å². The molecule has 1 saturated carbocycles. The van der Waals surface area contributed by atoms with Gasteiger partial charge in [-0.15, -0.1) is 0 Å². The van der Waals surface area contributed by atoms with E-state index >= 15 is 0 Å². The van der Waals surface area contributed by atoms with E-state index < -0.39 is 0 Å². The van der Waals surface area contributed by atoms with Gasteiger partial charge in [0, 0.05) is 31.3 Å². The van der Waals surface area contributed by atoms with Gasteiger partial charge in [-0.05, 0) is 39.2 Å². The van der Waals surface area contributed by atoms with E-state index in [2.05, 4.69) is 38.1 Å². The molecule has 1 aliphatic rings. The van der Waals surface area contributed by atoms with Crippen molar-refractivity contribution in [2.45, 2.75) is 77.0 Å². The Morgan fingerprint density at radius 1 is 1.40 bits per heavy atom. The Labute approximate surface area is 122 Å². The Hall–Kier alpha value is -0.870. The van der Waals surface area contributed by atoms with Gasteiger partial charge in [0.15, 0.2) is 0 Å². The van der Waals surface area contributed by atoms with Crippen LogP contribution in [0.2, 0.25) is 0 Å². The predicted octanol–water partition coefficient (Wildman–Crippen LogP) is 3.07. The first kappa shape index (κ1) is 15.5. The minimum Gasteiger partial charge on any atom is -0.374 e. The molecule has 2 N–H and O–H groups in total. The molecule has 0 amide bonds. The molecule has 20 heavy (non-hydrogen) atoms. The Morgan fingerprint density at radius 2 is 2.10 bits per heavy atom. The van der Waals surface area contributed by atoms with Gasteiger partial charge in [-0.2, -0.15) is 5.10 Å². The van der Waals surface area contributed by atoms with Crippen LogP contribution in [0.5, 0.6) is 0 Å². The minimum atomic E-state index is -0.116. The van der Waals surface area contributed by atoms with Crippen molar-refractivity contribution in [3.63, 3.8) is 0 Å². The van der Waals surface area contributed by atoms with Crippen molar-refractivity contribution in [1.29, 1.82) is 0 Å². The second-order valence-corrected chi connectivity index (χ2v) is 6.06. The average molecular weight is 279 g/mol. The molecule has 1 aromatic rings. The van der Waals surface area contributed by atoms with Crippen LogP contribution in [-0.4, -0.2) is 28.0 Å². The van der Waals surface area contributed by atoms with Crippen LogP contribution in [0.1, 0.15) is 64.6 Å². The van der Waals surface area contributed by atoms with Crippen LogP contribution in [0.3, 0.4) is 0 Å². The molecule has 1 heterocycles. The fourth-order valence-corrected chi connectivity index (χ4v) is 3.21. The molecule has 1 fully saturated rings. The summed E-state index contributed by atoms with van der Waals surface area (Å²) >= 11 is 0. The van der Waals surface area contributed by atoms with Gasteiger partial charge in [0.1, 0.15) is 0 Å². The Balaban J connectivity index is 2.02. The third-order valence-electron chi connectivity index (χ3n) is 4.69. The van der Waals surface area contributed by atoms with Gasteiger partial charge in [-0.1, -0.05) is 19.8 Å². The lowest BCUT2D eigenvalue weighted by molar-refractivity contribution is -0.0526. The molecule has 0 aliphatic heterocycles. The molecule has 114 valence electrons. The molecule has 0 spiro atoms. The van der Waals surface area contributed by atoms with E-state index in [4.69, 9.17) is 10.5 Å². The molecule has 4 nitrogen and oxygen atoms in total. The van der Waals surface area contributed by atoms with Crippen LogP contribution in [0.4, 0.5) is 0 Å². The fourth-order valence-electron chi connectivity index (χ4n) is 3.21. The second-order valence-electron chi connectivity index (χ2n) is 6.06. The maximum atomic E-state index is 6.48. The van der Waals surface area contributed by atoms with Crippen molar-refractivity contribution in [3.8, 4) is 0 Å². The summed E-state index contributed by atoms with van der Waals surface area (Å²) in [5.41, 5.74) is 7.45. The van der Waals surface area contributed by atoms with Crippen LogP contribution < -0.4 is 5.73 Å². The Bertz CT molecular complexity index is 410. The zero-order valence-electron chi connectivity index (χ0n) is 13.1. The highest BCUT2D eigenvalue weighted by atomic mass is 16.5. The van der Waals surface area contributed by atoms with E-state index in [1.54, 1.807) is 0 Å². The van der Waals surface area contributed by atoms with Crippen LogP contribution in [-0.2, 0) is 11.2 Å². The standard InChI is InChI=1S/C16H29N3O/c1-4-13(3)19-11-8-14(18-19)12-15(17)16(20-5-2)9-6-7-10-16/h8,11,13,15H,4-7,9-10,12,17H2,1-3H3. The SMILES string of the molecule is CCOC1(C(N)Cc2ccn(C(C)CC)n2)CCCC1. The van der Waals surface area contributed by atoms with Crippen molar-refractivity contribution in [2.75, 3.05) is 6.61 Å². The lowest BCUT2D eigenvalue weighted by Crippen LogP contribution is -2.49. The summed E-state index contributed by atoms with van der Waals surface area (Å²) in [6.07, 6.45) is 8.61. The molecule has 0 aromatic carbocycles. The molecule has 1 aromatic heterocycles. The summed E-state index contributed by atoms with van der Waals surface area (Å²) < 4.78 is 8.09. The first-order chi connectivity index (χ1) is 9.61. The summed E-state index contributed by atoms with van der Waals surface area (Å²) in [7, 11) is 0. The highest BCUT2D eigenvalue weighted by Crippen LogP contribution is 2.36. The highest BCUT2D eigenvalue weighted by molar-refractivity contribution is 5.07. The molecule has 0 saturated heterocycles. The van der Waals surface area contributed by atoms with Crippen LogP contribution >= 0.6 is 0 Å². The van der Waals surface area contributed by atoms with Crippen molar-refractivity contribution in [3.05, 3.63) is 18.0 Å². The number of aromatic nitrogens is 2. The van der Waals surface area contributed by atoms with Crippen molar-refractivity contribution < 1.29 is 4.74 Å². The van der Waals surface area contributed by atoms with Gasteiger partial charge in [0.25, 0.3) is 0 Å². The zero-order chi connectivity index (χ0) is 14.6. The van der Waals surface area contributed by atoms with Gasteiger partial charge >= 0.3 is 0 Å². The number of ether oxygens (including phenoxy) is 1. The third kappa shape index (κ3) is 3.23. The minimum absolute atomic E-state index is 0.0465. The summed E-state index contributed by atoms with van der Waals surface area (Å²) in [5.74, 6) is 0. The molecule has 2 atom stereocenters. The maximum Gasteiger partial charge on any atom is 0.0836 e. The molecular weight excluding hydrogens is 250 g/mol. The first-order valence-corrected chi connectivity index (χ1v) is 8.05. The van der Waals surface area contributed by atoms with E-state index in [9.17, 15) is 0 Å². The molecule has 0 bridgehead atoms. The Morgan fingerprint density at radius 3 is 2.70 bits per heavy atom. The fraction of sp³-hybridized carbons (Fsp3) is 0.812. The second kappa shape index (κ2) is 6.72. The maximum absolute atomic E-state index is 6.48. The van der Waals surface area contributed by atoms with Crippen LogP contribution in [0.25, 0.3) is 0 Å². The number of nitrogens with two attached hydrogens (primary N) is 1. The first-order valence-electron chi connectivity index (χ1n) is 8.05. The summed E-state index contributed by atoms with van der Waals surface area (Å²) in [6, 6.07) is 2.60. The van der Waals surface area contributed by atoms with E-state index in [-0.39, 0.29) is 11.6 Å². The molecule has 2 rings (SSSR count). The molecule has 1 aliphatic carbocycles. The van der Waals surface area contributed by atoms with E-state index in [1.807, 2.05) is 4.68 Å². The van der Waals surface area contributed by atoms with E-state index in [1.165, 1.54) is 12.8 Å². The average Bonchev–Trinajstić information content (AvgIpc) is 3.08. The quantitative estimate of drug-likeness (QED) is 0.834.